The summed E-state index contributed by atoms with van der Waals surface area (Å²) in [5, 5.41) is 7.49. The van der Waals surface area contributed by atoms with E-state index in [0.29, 0.717) is 6.04 Å². The molecule has 2 saturated heterocycles. The van der Waals surface area contributed by atoms with Crippen LogP contribution in [0.3, 0.4) is 0 Å². The highest BCUT2D eigenvalue weighted by Gasteiger charge is 2.21. The molecule has 0 spiro atoms. The maximum absolute atomic E-state index is 4.93. The SMILES string of the molecule is CCNC(=NCCN1CCCCC1C)N1CCN(Cc2ccon2)CC1. The van der Waals surface area contributed by atoms with Gasteiger partial charge in [-0.1, -0.05) is 11.6 Å². The van der Waals surface area contributed by atoms with Crippen LogP contribution in [0.2, 0.25) is 0 Å². The smallest absolute Gasteiger partial charge is 0.194 e. The van der Waals surface area contributed by atoms with Gasteiger partial charge in [0.25, 0.3) is 0 Å². The first-order valence-corrected chi connectivity index (χ1v) is 10.1. The van der Waals surface area contributed by atoms with Crippen LogP contribution in [0.4, 0.5) is 0 Å². The Morgan fingerprint density at radius 1 is 1.27 bits per heavy atom. The fraction of sp³-hybridized carbons (Fsp3) is 0.789. The molecule has 26 heavy (non-hydrogen) atoms. The third kappa shape index (κ3) is 5.45. The average molecular weight is 363 g/mol. The topological polar surface area (TPSA) is 60.1 Å². The quantitative estimate of drug-likeness (QED) is 0.613. The molecular formula is C19H34N6O. The Hall–Kier alpha value is -1.60. The van der Waals surface area contributed by atoms with E-state index in [0.717, 1.165) is 64.0 Å². The second-order valence-electron chi connectivity index (χ2n) is 7.37. The molecule has 3 heterocycles. The maximum Gasteiger partial charge on any atom is 0.194 e. The van der Waals surface area contributed by atoms with Crippen molar-refractivity contribution in [3.63, 3.8) is 0 Å². The third-order valence-electron chi connectivity index (χ3n) is 5.47. The van der Waals surface area contributed by atoms with Crippen LogP contribution in [0, 0.1) is 0 Å². The van der Waals surface area contributed by atoms with Crippen molar-refractivity contribution >= 4 is 5.96 Å². The molecule has 1 N–H and O–H groups in total. The van der Waals surface area contributed by atoms with Crippen LogP contribution in [0.1, 0.15) is 38.8 Å². The molecule has 1 aromatic heterocycles. The van der Waals surface area contributed by atoms with Gasteiger partial charge in [0, 0.05) is 57.9 Å². The summed E-state index contributed by atoms with van der Waals surface area (Å²) in [6.45, 7) is 13.5. The van der Waals surface area contributed by atoms with Crippen molar-refractivity contribution in [1.29, 1.82) is 0 Å². The summed E-state index contributed by atoms with van der Waals surface area (Å²) >= 11 is 0. The van der Waals surface area contributed by atoms with Gasteiger partial charge in [-0.15, -0.1) is 0 Å². The van der Waals surface area contributed by atoms with Gasteiger partial charge in [0.05, 0.1) is 12.2 Å². The first-order valence-electron chi connectivity index (χ1n) is 10.1. The van der Waals surface area contributed by atoms with Crippen molar-refractivity contribution in [2.75, 3.05) is 52.4 Å². The molecule has 1 aromatic rings. The second-order valence-corrected chi connectivity index (χ2v) is 7.37. The molecule has 146 valence electrons. The van der Waals surface area contributed by atoms with Gasteiger partial charge >= 0.3 is 0 Å². The zero-order chi connectivity index (χ0) is 18.2. The van der Waals surface area contributed by atoms with E-state index < -0.39 is 0 Å². The standard InChI is InChI=1S/C19H34N6O/c1-3-20-19(21-8-10-24-9-5-4-6-17(24)2)25-13-11-23(12-14-25)16-18-7-15-26-22-18/h7,15,17H,3-6,8-14,16H2,1-2H3,(H,20,21). The first-order chi connectivity index (χ1) is 12.8. The van der Waals surface area contributed by atoms with Crippen LogP contribution in [0.15, 0.2) is 21.8 Å². The lowest BCUT2D eigenvalue weighted by Gasteiger charge is -2.36. The van der Waals surface area contributed by atoms with Crippen LogP contribution in [-0.2, 0) is 6.54 Å². The molecule has 2 aliphatic heterocycles. The highest BCUT2D eigenvalue weighted by atomic mass is 16.5. The minimum absolute atomic E-state index is 0.710. The van der Waals surface area contributed by atoms with Crippen molar-refractivity contribution in [1.82, 2.24) is 25.2 Å². The van der Waals surface area contributed by atoms with E-state index in [2.05, 4.69) is 39.0 Å². The van der Waals surface area contributed by atoms with Crippen molar-refractivity contribution in [2.24, 2.45) is 4.99 Å². The summed E-state index contributed by atoms with van der Waals surface area (Å²) < 4.78 is 4.93. The number of rotatable bonds is 6. The highest BCUT2D eigenvalue weighted by Crippen LogP contribution is 2.15. The number of piperazine rings is 1. The maximum atomic E-state index is 4.93. The molecule has 3 rings (SSSR count). The van der Waals surface area contributed by atoms with Gasteiger partial charge in [-0.2, -0.15) is 0 Å². The fourth-order valence-corrected chi connectivity index (χ4v) is 3.87. The first kappa shape index (κ1) is 19.2. The molecule has 0 aliphatic carbocycles. The van der Waals surface area contributed by atoms with E-state index in [1.807, 2.05) is 6.07 Å². The predicted octanol–water partition coefficient (Wildman–Crippen LogP) is 1.63. The van der Waals surface area contributed by atoms with Crippen LogP contribution in [0.5, 0.6) is 0 Å². The fourth-order valence-electron chi connectivity index (χ4n) is 3.87. The molecule has 0 saturated carbocycles. The summed E-state index contributed by atoms with van der Waals surface area (Å²) in [5.41, 5.74) is 1.01. The molecule has 2 fully saturated rings. The zero-order valence-corrected chi connectivity index (χ0v) is 16.4. The Morgan fingerprint density at radius 2 is 2.12 bits per heavy atom. The number of aliphatic imine (C=N–C) groups is 1. The van der Waals surface area contributed by atoms with E-state index in [4.69, 9.17) is 9.52 Å². The third-order valence-corrected chi connectivity index (χ3v) is 5.47. The molecule has 0 aromatic carbocycles. The normalized spacial score (nSPS) is 23.4. The van der Waals surface area contributed by atoms with Crippen molar-refractivity contribution in [3.8, 4) is 0 Å². The summed E-state index contributed by atoms with van der Waals surface area (Å²) in [7, 11) is 0. The number of hydrogen-bond acceptors (Lipinski definition) is 5. The summed E-state index contributed by atoms with van der Waals surface area (Å²) in [5.74, 6) is 1.07. The molecular weight excluding hydrogens is 328 g/mol. The number of guanidine groups is 1. The molecule has 0 bridgehead atoms. The average Bonchev–Trinajstić information content (AvgIpc) is 3.16. The number of aromatic nitrogens is 1. The minimum atomic E-state index is 0.710. The number of piperidine rings is 1. The Labute approximate surface area is 157 Å². The molecule has 0 radical (unpaired) electrons. The van der Waals surface area contributed by atoms with E-state index >= 15 is 0 Å². The van der Waals surface area contributed by atoms with Gasteiger partial charge in [0.2, 0.25) is 0 Å². The van der Waals surface area contributed by atoms with Gasteiger partial charge in [0.1, 0.15) is 6.26 Å². The lowest BCUT2D eigenvalue weighted by atomic mass is 10.0. The molecule has 1 unspecified atom stereocenters. The van der Waals surface area contributed by atoms with Crippen LogP contribution in [-0.4, -0.2) is 84.2 Å². The van der Waals surface area contributed by atoms with Crippen LogP contribution < -0.4 is 5.32 Å². The number of nitrogens with zero attached hydrogens (tertiary/aromatic N) is 5. The predicted molar refractivity (Wildman–Crippen MR) is 104 cm³/mol. The molecule has 7 nitrogen and oxygen atoms in total. The highest BCUT2D eigenvalue weighted by molar-refractivity contribution is 5.80. The monoisotopic (exact) mass is 362 g/mol. The Kier molecular flexibility index (Phi) is 7.32. The van der Waals surface area contributed by atoms with Crippen LogP contribution >= 0.6 is 0 Å². The van der Waals surface area contributed by atoms with Gasteiger partial charge in [-0.05, 0) is 33.2 Å². The number of likely N-dealkylation sites (tertiary alicyclic amines) is 1. The van der Waals surface area contributed by atoms with Crippen LogP contribution in [0.25, 0.3) is 0 Å². The zero-order valence-electron chi connectivity index (χ0n) is 16.4. The lowest BCUT2D eigenvalue weighted by molar-refractivity contribution is 0.162. The summed E-state index contributed by atoms with van der Waals surface area (Å²) in [6, 6.07) is 2.65. The van der Waals surface area contributed by atoms with Gasteiger partial charge in [0.15, 0.2) is 5.96 Å². The largest absolute Gasteiger partial charge is 0.364 e. The molecule has 2 aliphatic rings. The van der Waals surface area contributed by atoms with Crippen molar-refractivity contribution < 1.29 is 4.52 Å². The Balaban J connectivity index is 1.46. The number of hydrogen-bond donors (Lipinski definition) is 1. The molecule has 0 amide bonds. The molecule has 7 heteroatoms. The minimum Gasteiger partial charge on any atom is -0.364 e. The van der Waals surface area contributed by atoms with Crippen molar-refractivity contribution in [2.45, 2.75) is 45.7 Å². The lowest BCUT2D eigenvalue weighted by Crippen LogP contribution is -2.52. The Morgan fingerprint density at radius 3 is 2.81 bits per heavy atom. The van der Waals surface area contributed by atoms with Gasteiger partial charge in [-0.3, -0.25) is 14.8 Å². The van der Waals surface area contributed by atoms with Gasteiger partial charge in [-0.25, -0.2) is 0 Å². The molecule has 1 atom stereocenters. The summed E-state index contributed by atoms with van der Waals surface area (Å²) in [4.78, 5) is 12.3. The van der Waals surface area contributed by atoms with E-state index in [-0.39, 0.29) is 0 Å². The second kappa shape index (κ2) is 9.92. The Bertz CT molecular complexity index is 538. The summed E-state index contributed by atoms with van der Waals surface area (Å²) in [6.07, 6.45) is 5.69. The van der Waals surface area contributed by atoms with Crippen molar-refractivity contribution in [3.05, 3.63) is 18.0 Å². The van der Waals surface area contributed by atoms with E-state index in [1.165, 1.54) is 25.8 Å². The number of nitrogens with one attached hydrogen (secondary N) is 1. The van der Waals surface area contributed by atoms with Gasteiger partial charge < -0.3 is 14.7 Å². The van der Waals surface area contributed by atoms with E-state index in [1.54, 1.807) is 6.26 Å². The van der Waals surface area contributed by atoms with E-state index in [9.17, 15) is 0 Å².